The van der Waals surface area contributed by atoms with Gasteiger partial charge in [0.2, 0.25) is 5.91 Å². The summed E-state index contributed by atoms with van der Waals surface area (Å²) in [5, 5.41) is 0.857. The monoisotopic (exact) mass is 618 g/mol. The molecule has 11 heteroatoms. The van der Waals surface area contributed by atoms with Crippen LogP contribution in [0.1, 0.15) is 42.1 Å². The summed E-state index contributed by atoms with van der Waals surface area (Å²) in [6.45, 7) is 8.82. The molecule has 0 radical (unpaired) electrons. The highest BCUT2D eigenvalue weighted by Crippen LogP contribution is 2.33. The largest absolute Gasteiger partial charge is 0.446 e. The lowest BCUT2D eigenvalue weighted by Gasteiger charge is -2.32. The number of carbonyl (C=O) groups excluding carboxylic acids is 3. The number of nitrogens with zero attached hydrogens (tertiary/aromatic N) is 4. The standard InChI is InChI=1S/C31H37Cl2FN4O4/c1-20-4-6-25(15-28(20)33)38(31(41)42-26-8-12-36(13-9-26)21(2)39)11-3-10-35-16-22-18-37(19-23(22)17-35)30(40)27-7-5-24(32)14-29(27)34/h4-7,14-15,22-23,26H,3,8-13,16-19H2,1-2H3. The second-order valence-corrected chi connectivity index (χ2v) is 12.5. The highest BCUT2D eigenvalue weighted by atomic mass is 35.5. The van der Waals surface area contributed by atoms with E-state index in [9.17, 15) is 18.8 Å². The zero-order chi connectivity index (χ0) is 30.0. The molecule has 2 aromatic carbocycles. The van der Waals surface area contributed by atoms with Gasteiger partial charge in [-0.1, -0.05) is 29.3 Å². The number of hydrogen-bond acceptors (Lipinski definition) is 5. The molecule has 5 rings (SSSR count). The number of ether oxygens (including phenoxy) is 1. The van der Waals surface area contributed by atoms with E-state index in [4.69, 9.17) is 27.9 Å². The van der Waals surface area contributed by atoms with Crippen LogP contribution < -0.4 is 4.90 Å². The van der Waals surface area contributed by atoms with Gasteiger partial charge in [0.1, 0.15) is 11.9 Å². The van der Waals surface area contributed by atoms with Crippen LogP contribution in [0.15, 0.2) is 36.4 Å². The van der Waals surface area contributed by atoms with Crippen LogP contribution in [0.3, 0.4) is 0 Å². The van der Waals surface area contributed by atoms with E-state index in [1.165, 1.54) is 18.2 Å². The summed E-state index contributed by atoms with van der Waals surface area (Å²) in [4.78, 5) is 45.5. The molecule has 0 N–H and O–H groups in total. The number of benzene rings is 2. The Hall–Kier alpha value is -2.88. The number of carbonyl (C=O) groups is 3. The van der Waals surface area contributed by atoms with Gasteiger partial charge in [0.05, 0.1) is 5.56 Å². The molecule has 2 unspecified atom stereocenters. The molecule has 2 atom stereocenters. The first-order chi connectivity index (χ1) is 20.1. The van der Waals surface area contributed by atoms with Crippen molar-refractivity contribution >= 4 is 46.8 Å². The van der Waals surface area contributed by atoms with Gasteiger partial charge in [0.25, 0.3) is 5.91 Å². The second kappa shape index (κ2) is 13.2. The molecular weight excluding hydrogens is 582 g/mol. The van der Waals surface area contributed by atoms with Gasteiger partial charge in [-0.05, 0) is 67.6 Å². The number of aryl methyl sites for hydroxylation is 1. The molecule has 226 valence electrons. The number of amides is 3. The maximum atomic E-state index is 14.3. The minimum absolute atomic E-state index is 0.0384. The average molecular weight is 620 g/mol. The van der Waals surface area contributed by atoms with Crippen molar-refractivity contribution in [1.82, 2.24) is 14.7 Å². The number of hydrogen-bond donors (Lipinski definition) is 0. The topological polar surface area (TPSA) is 73.4 Å². The normalized spacial score (nSPS) is 21.0. The lowest BCUT2D eigenvalue weighted by atomic mass is 10.0. The number of rotatable bonds is 7. The molecule has 3 aliphatic heterocycles. The van der Waals surface area contributed by atoms with E-state index in [2.05, 4.69) is 4.90 Å². The lowest BCUT2D eigenvalue weighted by Crippen LogP contribution is -2.43. The number of anilines is 1. The Labute approximate surface area is 256 Å². The van der Waals surface area contributed by atoms with Crippen molar-refractivity contribution in [3.8, 4) is 0 Å². The summed E-state index contributed by atoms with van der Waals surface area (Å²) in [6, 6.07) is 9.74. The molecule has 3 aliphatic rings. The smallest absolute Gasteiger partial charge is 0.414 e. The Balaban J connectivity index is 1.14. The fraction of sp³-hybridized carbons (Fsp3) is 0.516. The Kier molecular flexibility index (Phi) is 9.60. The van der Waals surface area contributed by atoms with E-state index in [1.807, 2.05) is 19.1 Å². The molecular formula is C31H37Cl2FN4O4. The SMILES string of the molecule is CC(=O)N1CCC(OC(=O)N(CCCN2CC3CN(C(=O)c4ccc(Cl)cc4F)CC3C2)c2ccc(C)c(Cl)c2)CC1. The van der Waals surface area contributed by atoms with Crippen LogP contribution >= 0.6 is 23.2 Å². The van der Waals surface area contributed by atoms with Gasteiger partial charge < -0.3 is 19.4 Å². The number of fused-ring (bicyclic) bond motifs is 1. The number of piperidine rings is 1. The molecule has 0 bridgehead atoms. The first-order valence-corrected chi connectivity index (χ1v) is 15.3. The van der Waals surface area contributed by atoms with Crippen LogP contribution in [-0.2, 0) is 9.53 Å². The molecule has 3 fully saturated rings. The zero-order valence-electron chi connectivity index (χ0n) is 24.0. The Morgan fingerprint density at radius 3 is 2.29 bits per heavy atom. The fourth-order valence-electron chi connectivity index (χ4n) is 6.29. The van der Waals surface area contributed by atoms with Crippen molar-refractivity contribution < 1.29 is 23.5 Å². The van der Waals surface area contributed by atoms with E-state index < -0.39 is 11.9 Å². The predicted molar refractivity (Wildman–Crippen MR) is 161 cm³/mol. The highest BCUT2D eigenvalue weighted by molar-refractivity contribution is 6.31. The van der Waals surface area contributed by atoms with Crippen LogP contribution in [-0.4, -0.2) is 91.1 Å². The summed E-state index contributed by atoms with van der Waals surface area (Å²) in [5.41, 5.74) is 1.68. The quantitative estimate of drug-likeness (QED) is 0.410. The first kappa shape index (κ1) is 30.6. The maximum Gasteiger partial charge on any atom is 0.414 e. The van der Waals surface area contributed by atoms with Crippen molar-refractivity contribution in [2.45, 2.75) is 39.2 Å². The predicted octanol–water partition coefficient (Wildman–Crippen LogP) is 5.49. The van der Waals surface area contributed by atoms with Gasteiger partial charge in [-0.2, -0.15) is 0 Å². The molecule has 2 aromatic rings. The molecule has 3 heterocycles. The molecule has 42 heavy (non-hydrogen) atoms. The van der Waals surface area contributed by atoms with Gasteiger partial charge in [-0.25, -0.2) is 9.18 Å². The van der Waals surface area contributed by atoms with E-state index >= 15 is 0 Å². The molecule has 0 spiro atoms. The molecule has 0 aromatic heterocycles. The van der Waals surface area contributed by atoms with Gasteiger partial charge in [-0.15, -0.1) is 0 Å². The number of halogens is 3. The van der Waals surface area contributed by atoms with E-state index in [1.54, 1.807) is 27.7 Å². The summed E-state index contributed by atoms with van der Waals surface area (Å²) < 4.78 is 20.2. The third-order valence-corrected chi connectivity index (χ3v) is 9.35. The van der Waals surface area contributed by atoms with E-state index in [0.717, 1.165) is 31.6 Å². The van der Waals surface area contributed by atoms with Crippen molar-refractivity contribution in [3.63, 3.8) is 0 Å². The van der Waals surface area contributed by atoms with Gasteiger partial charge in [-0.3, -0.25) is 14.5 Å². The summed E-state index contributed by atoms with van der Waals surface area (Å²) in [6.07, 6.45) is 1.34. The van der Waals surface area contributed by atoms with Crippen molar-refractivity contribution in [1.29, 1.82) is 0 Å². The molecule has 0 saturated carbocycles. The fourth-order valence-corrected chi connectivity index (χ4v) is 6.63. The second-order valence-electron chi connectivity index (χ2n) is 11.6. The van der Waals surface area contributed by atoms with Crippen molar-refractivity contribution in [3.05, 3.63) is 63.4 Å². The van der Waals surface area contributed by atoms with Crippen LogP contribution in [0.25, 0.3) is 0 Å². The lowest BCUT2D eigenvalue weighted by molar-refractivity contribution is -0.130. The summed E-state index contributed by atoms with van der Waals surface area (Å²) in [7, 11) is 0. The summed E-state index contributed by atoms with van der Waals surface area (Å²) in [5.74, 6) is -0.172. The van der Waals surface area contributed by atoms with E-state index in [-0.39, 0.29) is 28.5 Å². The van der Waals surface area contributed by atoms with Crippen LogP contribution in [0.2, 0.25) is 10.0 Å². The van der Waals surface area contributed by atoms with Crippen LogP contribution in [0.5, 0.6) is 0 Å². The molecule has 3 saturated heterocycles. The molecule has 0 aliphatic carbocycles. The van der Waals surface area contributed by atoms with E-state index in [0.29, 0.717) is 68.1 Å². The third kappa shape index (κ3) is 7.01. The van der Waals surface area contributed by atoms with Crippen LogP contribution in [0.4, 0.5) is 14.9 Å². The van der Waals surface area contributed by atoms with Gasteiger partial charge in [0.15, 0.2) is 0 Å². The van der Waals surface area contributed by atoms with Gasteiger partial charge >= 0.3 is 6.09 Å². The van der Waals surface area contributed by atoms with Crippen LogP contribution in [0, 0.1) is 24.6 Å². The van der Waals surface area contributed by atoms with Gasteiger partial charge in [0, 0.05) is 81.3 Å². The Bertz CT molecular complexity index is 1320. The molecule has 8 nitrogen and oxygen atoms in total. The molecule has 3 amide bonds. The maximum absolute atomic E-state index is 14.3. The zero-order valence-corrected chi connectivity index (χ0v) is 25.5. The van der Waals surface area contributed by atoms with Crippen molar-refractivity contribution in [2.75, 3.05) is 57.3 Å². The third-order valence-electron chi connectivity index (χ3n) is 8.71. The number of likely N-dealkylation sites (tertiary alicyclic amines) is 3. The minimum Gasteiger partial charge on any atom is -0.446 e. The highest BCUT2D eigenvalue weighted by Gasteiger charge is 2.42. The summed E-state index contributed by atoms with van der Waals surface area (Å²) >= 11 is 12.2. The first-order valence-electron chi connectivity index (χ1n) is 14.6. The average Bonchev–Trinajstić information content (AvgIpc) is 3.52. The van der Waals surface area contributed by atoms with Crippen molar-refractivity contribution in [2.24, 2.45) is 11.8 Å². The Morgan fingerprint density at radius 2 is 1.67 bits per heavy atom. The Morgan fingerprint density at radius 1 is 0.976 bits per heavy atom. The minimum atomic E-state index is -0.592.